The highest BCUT2D eigenvalue weighted by atomic mass is 16.2. The highest BCUT2D eigenvalue weighted by Crippen LogP contribution is 2.29. The summed E-state index contributed by atoms with van der Waals surface area (Å²) in [5.41, 5.74) is 2.47. The molecule has 0 radical (unpaired) electrons. The minimum absolute atomic E-state index is 0.0333. The molecule has 1 aromatic carbocycles. The van der Waals surface area contributed by atoms with Gasteiger partial charge in [0.25, 0.3) is 0 Å². The predicted molar refractivity (Wildman–Crippen MR) is 90.0 cm³/mol. The summed E-state index contributed by atoms with van der Waals surface area (Å²) in [7, 11) is 0. The third-order valence-corrected chi connectivity index (χ3v) is 5.13. The molecule has 0 bridgehead atoms. The van der Waals surface area contributed by atoms with E-state index in [4.69, 9.17) is 0 Å². The van der Waals surface area contributed by atoms with E-state index in [0.29, 0.717) is 25.6 Å². The van der Waals surface area contributed by atoms with E-state index in [0.717, 1.165) is 19.3 Å². The standard InChI is InChI=1S/C19H26N2O2/c1-14-6-8-15(9-7-14)10-11-20-19(23)16-12-18(22)21(13-16)17-4-2-3-5-17/h6-9,16-17H,2-5,10-13H2,1H3,(H,20,23). The zero-order chi connectivity index (χ0) is 16.2. The Morgan fingerprint density at radius 2 is 1.91 bits per heavy atom. The number of benzene rings is 1. The van der Waals surface area contributed by atoms with Crippen LogP contribution in [-0.4, -0.2) is 35.8 Å². The lowest BCUT2D eigenvalue weighted by molar-refractivity contribution is -0.130. The first-order chi connectivity index (χ1) is 11.1. The van der Waals surface area contributed by atoms with Crippen LogP contribution in [0.2, 0.25) is 0 Å². The molecule has 2 aliphatic rings. The van der Waals surface area contributed by atoms with Gasteiger partial charge in [-0.2, -0.15) is 0 Å². The number of carbonyl (C=O) groups excluding carboxylic acids is 2. The number of nitrogens with one attached hydrogen (secondary N) is 1. The number of aryl methyl sites for hydroxylation is 1. The number of hydrogen-bond donors (Lipinski definition) is 1. The summed E-state index contributed by atoms with van der Waals surface area (Å²) < 4.78 is 0. The second kappa shape index (κ2) is 7.16. The van der Waals surface area contributed by atoms with E-state index >= 15 is 0 Å². The summed E-state index contributed by atoms with van der Waals surface area (Å²) >= 11 is 0. The fourth-order valence-corrected chi connectivity index (χ4v) is 3.71. The van der Waals surface area contributed by atoms with Gasteiger partial charge in [0, 0.05) is 25.6 Å². The Kier molecular flexibility index (Phi) is 4.99. The monoisotopic (exact) mass is 314 g/mol. The molecule has 0 spiro atoms. The maximum absolute atomic E-state index is 12.3. The lowest BCUT2D eigenvalue weighted by atomic mass is 10.1. The van der Waals surface area contributed by atoms with Gasteiger partial charge >= 0.3 is 0 Å². The molecule has 1 aromatic rings. The van der Waals surface area contributed by atoms with Crippen molar-refractivity contribution in [3.05, 3.63) is 35.4 Å². The van der Waals surface area contributed by atoms with E-state index in [2.05, 4.69) is 36.5 Å². The average molecular weight is 314 g/mol. The molecule has 1 atom stereocenters. The highest BCUT2D eigenvalue weighted by molar-refractivity contribution is 5.89. The van der Waals surface area contributed by atoms with E-state index in [9.17, 15) is 9.59 Å². The van der Waals surface area contributed by atoms with Crippen molar-refractivity contribution in [3.63, 3.8) is 0 Å². The van der Waals surface area contributed by atoms with Gasteiger partial charge < -0.3 is 10.2 Å². The van der Waals surface area contributed by atoms with E-state index in [-0.39, 0.29) is 17.7 Å². The minimum Gasteiger partial charge on any atom is -0.355 e. The van der Waals surface area contributed by atoms with Crippen molar-refractivity contribution in [2.45, 2.75) is 51.5 Å². The van der Waals surface area contributed by atoms with Crippen LogP contribution in [0.1, 0.15) is 43.2 Å². The predicted octanol–water partition coefficient (Wildman–Crippen LogP) is 2.44. The molecule has 1 saturated heterocycles. The first-order valence-corrected chi connectivity index (χ1v) is 8.76. The van der Waals surface area contributed by atoms with Gasteiger partial charge in [-0.15, -0.1) is 0 Å². The van der Waals surface area contributed by atoms with Gasteiger partial charge in [0.1, 0.15) is 0 Å². The van der Waals surface area contributed by atoms with Gasteiger partial charge in [-0.25, -0.2) is 0 Å². The van der Waals surface area contributed by atoms with Crippen molar-refractivity contribution in [3.8, 4) is 0 Å². The van der Waals surface area contributed by atoms with E-state index in [1.54, 1.807) is 0 Å². The smallest absolute Gasteiger partial charge is 0.225 e. The summed E-state index contributed by atoms with van der Waals surface area (Å²) in [5, 5.41) is 3.00. The Bertz CT molecular complexity index is 561. The number of rotatable bonds is 5. The van der Waals surface area contributed by atoms with Gasteiger partial charge in [0.2, 0.25) is 11.8 Å². The van der Waals surface area contributed by atoms with Crippen LogP contribution >= 0.6 is 0 Å². The van der Waals surface area contributed by atoms with Gasteiger partial charge in [0.05, 0.1) is 5.92 Å². The Balaban J connectivity index is 1.45. The molecule has 2 amide bonds. The van der Waals surface area contributed by atoms with Gasteiger partial charge in [-0.1, -0.05) is 42.7 Å². The molecule has 4 nitrogen and oxygen atoms in total. The lowest BCUT2D eigenvalue weighted by Crippen LogP contribution is -2.37. The molecule has 1 unspecified atom stereocenters. The molecule has 3 rings (SSSR count). The largest absolute Gasteiger partial charge is 0.355 e. The summed E-state index contributed by atoms with van der Waals surface area (Å²) in [4.78, 5) is 26.4. The van der Waals surface area contributed by atoms with Crippen LogP contribution in [0.3, 0.4) is 0 Å². The van der Waals surface area contributed by atoms with Gasteiger partial charge in [-0.05, 0) is 31.7 Å². The quantitative estimate of drug-likeness (QED) is 0.907. The fraction of sp³-hybridized carbons (Fsp3) is 0.579. The van der Waals surface area contributed by atoms with Crippen LogP contribution in [0.25, 0.3) is 0 Å². The molecule has 1 saturated carbocycles. The molecule has 1 aliphatic carbocycles. The third-order valence-electron chi connectivity index (χ3n) is 5.13. The lowest BCUT2D eigenvalue weighted by Gasteiger charge is -2.23. The molecule has 124 valence electrons. The number of amides is 2. The summed E-state index contributed by atoms with van der Waals surface area (Å²) in [5.74, 6) is 0.0302. The van der Waals surface area contributed by atoms with Crippen molar-refractivity contribution in [1.29, 1.82) is 0 Å². The Morgan fingerprint density at radius 1 is 1.22 bits per heavy atom. The molecule has 1 aliphatic heterocycles. The molecule has 0 aromatic heterocycles. The number of likely N-dealkylation sites (tertiary alicyclic amines) is 1. The van der Waals surface area contributed by atoms with Crippen LogP contribution < -0.4 is 5.32 Å². The first-order valence-electron chi connectivity index (χ1n) is 8.76. The topological polar surface area (TPSA) is 49.4 Å². The summed E-state index contributed by atoms with van der Waals surface area (Å²) in [6.07, 6.45) is 5.84. The Morgan fingerprint density at radius 3 is 2.61 bits per heavy atom. The Hall–Kier alpha value is -1.84. The van der Waals surface area contributed by atoms with Gasteiger partial charge in [-0.3, -0.25) is 9.59 Å². The van der Waals surface area contributed by atoms with Crippen LogP contribution in [-0.2, 0) is 16.0 Å². The Labute approximate surface area is 138 Å². The van der Waals surface area contributed by atoms with Crippen molar-refractivity contribution < 1.29 is 9.59 Å². The van der Waals surface area contributed by atoms with Crippen molar-refractivity contribution in [2.75, 3.05) is 13.1 Å². The van der Waals surface area contributed by atoms with Gasteiger partial charge in [0.15, 0.2) is 0 Å². The van der Waals surface area contributed by atoms with Crippen LogP contribution in [0.5, 0.6) is 0 Å². The molecule has 23 heavy (non-hydrogen) atoms. The van der Waals surface area contributed by atoms with Crippen LogP contribution in [0.4, 0.5) is 0 Å². The first kappa shape index (κ1) is 16.0. The molecular weight excluding hydrogens is 288 g/mol. The molecule has 1 N–H and O–H groups in total. The molecular formula is C19H26N2O2. The molecule has 2 fully saturated rings. The maximum atomic E-state index is 12.3. The normalized spacial score (nSPS) is 21.9. The number of carbonyl (C=O) groups is 2. The van der Waals surface area contributed by atoms with Crippen molar-refractivity contribution in [2.24, 2.45) is 5.92 Å². The fourth-order valence-electron chi connectivity index (χ4n) is 3.71. The van der Waals surface area contributed by atoms with Crippen molar-refractivity contribution >= 4 is 11.8 Å². The van der Waals surface area contributed by atoms with E-state index < -0.39 is 0 Å². The third kappa shape index (κ3) is 3.92. The summed E-state index contributed by atoms with van der Waals surface area (Å²) in [6, 6.07) is 8.76. The van der Waals surface area contributed by atoms with Crippen molar-refractivity contribution in [1.82, 2.24) is 10.2 Å². The second-order valence-electron chi connectivity index (χ2n) is 6.91. The average Bonchev–Trinajstić information content (AvgIpc) is 3.18. The summed E-state index contributed by atoms with van der Waals surface area (Å²) in [6.45, 7) is 3.31. The SMILES string of the molecule is Cc1ccc(CCNC(=O)C2CC(=O)N(C3CCCC3)C2)cc1. The molecule has 1 heterocycles. The van der Waals surface area contributed by atoms with E-state index in [1.165, 1.54) is 24.0 Å². The number of hydrogen-bond acceptors (Lipinski definition) is 2. The zero-order valence-electron chi connectivity index (χ0n) is 13.9. The minimum atomic E-state index is -0.166. The molecule has 4 heteroatoms. The maximum Gasteiger partial charge on any atom is 0.225 e. The van der Waals surface area contributed by atoms with Crippen LogP contribution in [0.15, 0.2) is 24.3 Å². The van der Waals surface area contributed by atoms with Crippen LogP contribution in [0, 0.1) is 12.8 Å². The number of nitrogens with zero attached hydrogens (tertiary/aromatic N) is 1. The van der Waals surface area contributed by atoms with E-state index in [1.807, 2.05) is 4.90 Å². The highest BCUT2D eigenvalue weighted by Gasteiger charge is 2.38. The second-order valence-corrected chi connectivity index (χ2v) is 6.91. The zero-order valence-corrected chi connectivity index (χ0v) is 13.9.